The molecule has 0 unspecified atom stereocenters. The molecule has 1 rings (SSSR count). The third-order valence-corrected chi connectivity index (χ3v) is 4.52. The first-order valence-electron chi connectivity index (χ1n) is 4.01. The molecule has 14 heavy (non-hydrogen) atoms. The van der Waals surface area contributed by atoms with E-state index < -0.39 is 20.4 Å². The number of hydrogen-bond donors (Lipinski definition) is 0. The van der Waals surface area contributed by atoms with Crippen molar-refractivity contribution in [2.75, 3.05) is 18.8 Å². The Balaban J connectivity index is 2.99. The molecule has 80 valence electrons. The highest BCUT2D eigenvalue weighted by Crippen LogP contribution is 2.39. The van der Waals surface area contributed by atoms with Crippen molar-refractivity contribution in [1.29, 1.82) is 0 Å². The zero-order valence-corrected chi connectivity index (χ0v) is 10.1. The molecule has 0 aliphatic rings. The Hall–Kier alpha value is -0.520. The lowest BCUT2D eigenvalue weighted by Gasteiger charge is -2.23. The third-order valence-electron chi connectivity index (χ3n) is 1.33. The molecule has 0 aromatic heterocycles. The first-order chi connectivity index (χ1) is 6.31. The van der Waals surface area contributed by atoms with Gasteiger partial charge < -0.3 is 0 Å². The third kappa shape index (κ3) is 3.32. The summed E-state index contributed by atoms with van der Waals surface area (Å²) >= 11 is 0. The summed E-state index contributed by atoms with van der Waals surface area (Å²) in [4.78, 5) is 0.211. The second-order valence-corrected chi connectivity index (χ2v) is 8.93. The molecule has 0 amide bonds. The fraction of sp³-hybridized carbons (Fsp3) is 0.333. The van der Waals surface area contributed by atoms with E-state index in [0.29, 0.717) is 0 Å². The van der Waals surface area contributed by atoms with Crippen LogP contribution < -0.4 is 0 Å². The molecule has 0 saturated carbocycles. The fourth-order valence-electron chi connectivity index (χ4n) is 0.895. The van der Waals surface area contributed by atoms with E-state index >= 15 is 0 Å². The Morgan fingerprint density at radius 3 is 1.93 bits per heavy atom. The van der Waals surface area contributed by atoms with Gasteiger partial charge in [-0.25, -0.2) is 3.63 Å². The van der Waals surface area contributed by atoms with Crippen molar-refractivity contribution < 1.29 is 12.0 Å². The average Bonchev–Trinajstić information content (AvgIpc) is 2.01. The maximum Gasteiger partial charge on any atom is 0.306 e. The molecule has 0 atom stereocenters. The number of benzene rings is 1. The van der Waals surface area contributed by atoms with Gasteiger partial charge in [0.05, 0.1) is 4.90 Å². The van der Waals surface area contributed by atoms with E-state index in [9.17, 15) is 8.42 Å². The minimum absolute atomic E-state index is 0.211. The molecule has 0 heterocycles. The topological polar surface area (TPSA) is 43.4 Å². The van der Waals surface area contributed by atoms with Crippen molar-refractivity contribution in [3.8, 4) is 0 Å². The van der Waals surface area contributed by atoms with Crippen LogP contribution in [0.2, 0.25) is 0 Å². The molecule has 0 spiro atoms. The second kappa shape index (κ2) is 3.92. The van der Waals surface area contributed by atoms with Gasteiger partial charge in [-0.05, 0) is 30.9 Å². The predicted octanol–water partition coefficient (Wildman–Crippen LogP) is 2.00. The first kappa shape index (κ1) is 11.6. The Kier molecular flexibility index (Phi) is 3.24. The summed E-state index contributed by atoms with van der Waals surface area (Å²) in [5, 5.41) is 0. The monoisotopic (exact) mass is 234 g/mol. The fourth-order valence-corrected chi connectivity index (χ4v) is 3.85. The molecule has 0 saturated heterocycles. The smallest absolute Gasteiger partial charge is 0.217 e. The summed E-state index contributed by atoms with van der Waals surface area (Å²) in [5.74, 6) is 0. The zero-order chi connectivity index (χ0) is 10.8. The van der Waals surface area contributed by atoms with Crippen molar-refractivity contribution in [3.63, 3.8) is 0 Å². The minimum Gasteiger partial charge on any atom is -0.217 e. The lowest BCUT2D eigenvalue weighted by Crippen LogP contribution is -2.09. The van der Waals surface area contributed by atoms with E-state index in [0.717, 1.165) is 0 Å². The van der Waals surface area contributed by atoms with Gasteiger partial charge in [0.2, 0.25) is 0 Å². The summed E-state index contributed by atoms with van der Waals surface area (Å²) in [7, 11) is -5.10. The summed E-state index contributed by atoms with van der Waals surface area (Å²) in [6.45, 7) is 0. The Morgan fingerprint density at radius 2 is 1.50 bits per heavy atom. The summed E-state index contributed by atoms with van der Waals surface area (Å²) in [6, 6.07) is 8.17. The molecule has 1 aromatic rings. The van der Waals surface area contributed by atoms with Crippen molar-refractivity contribution in [2.24, 2.45) is 0 Å². The van der Waals surface area contributed by atoms with E-state index in [1.807, 2.05) is 0 Å². The normalized spacial score (nSPS) is 13.9. The van der Waals surface area contributed by atoms with Crippen LogP contribution in [0.4, 0.5) is 0 Å². The van der Waals surface area contributed by atoms with Crippen molar-refractivity contribution >= 4 is 20.4 Å². The lowest BCUT2D eigenvalue weighted by molar-refractivity contribution is 0.513. The van der Waals surface area contributed by atoms with Crippen molar-refractivity contribution in [2.45, 2.75) is 4.90 Å². The Morgan fingerprint density at radius 1 is 1.00 bits per heavy atom. The maximum atomic E-state index is 11.6. The molecule has 3 nitrogen and oxygen atoms in total. The van der Waals surface area contributed by atoms with Gasteiger partial charge in [-0.1, -0.05) is 18.2 Å². The van der Waals surface area contributed by atoms with Crippen LogP contribution >= 0.6 is 10.3 Å². The molecule has 0 N–H and O–H groups in total. The minimum atomic E-state index is -3.58. The summed E-state index contributed by atoms with van der Waals surface area (Å²) in [6.07, 6.45) is 5.36. The average molecular weight is 234 g/mol. The molecule has 1 aromatic carbocycles. The molecular weight excluding hydrogens is 220 g/mol. The first-order valence-corrected chi connectivity index (χ1v) is 8.20. The van der Waals surface area contributed by atoms with E-state index in [1.165, 1.54) is 12.1 Å². The second-order valence-electron chi connectivity index (χ2n) is 3.56. The van der Waals surface area contributed by atoms with Crippen LogP contribution in [0, 0.1) is 0 Å². The SMILES string of the molecule is CS(C)(C)OS(=O)(=O)c1ccccc1. The van der Waals surface area contributed by atoms with Gasteiger partial charge in [-0.2, -0.15) is 8.42 Å². The van der Waals surface area contributed by atoms with Gasteiger partial charge in [-0.15, -0.1) is 10.3 Å². The van der Waals surface area contributed by atoms with Crippen LogP contribution in [0.25, 0.3) is 0 Å². The van der Waals surface area contributed by atoms with Gasteiger partial charge >= 0.3 is 10.1 Å². The van der Waals surface area contributed by atoms with Gasteiger partial charge in [0.1, 0.15) is 0 Å². The van der Waals surface area contributed by atoms with E-state index in [2.05, 4.69) is 0 Å². The maximum absolute atomic E-state index is 11.6. The van der Waals surface area contributed by atoms with Crippen LogP contribution in [0.3, 0.4) is 0 Å². The molecule has 0 aliphatic carbocycles. The van der Waals surface area contributed by atoms with Crippen molar-refractivity contribution in [3.05, 3.63) is 30.3 Å². The zero-order valence-electron chi connectivity index (χ0n) is 8.43. The summed E-state index contributed by atoms with van der Waals surface area (Å²) < 4.78 is 28.4. The lowest BCUT2D eigenvalue weighted by atomic mass is 10.4. The highest BCUT2D eigenvalue weighted by atomic mass is 32.3. The predicted molar refractivity (Wildman–Crippen MR) is 60.1 cm³/mol. The van der Waals surface area contributed by atoms with Gasteiger partial charge in [-0.3, -0.25) is 0 Å². The molecule has 0 fully saturated rings. The molecule has 5 heteroatoms. The van der Waals surface area contributed by atoms with Crippen molar-refractivity contribution in [1.82, 2.24) is 0 Å². The highest BCUT2D eigenvalue weighted by molar-refractivity contribution is 8.31. The standard InChI is InChI=1S/C9H14O3S2/c1-13(2,3)12-14(10,11)9-7-5-4-6-8-9/h4-8H,1-3H3. The van der Waals surface area contributed by atoms with Crippen LogP contribution in [-0.2, 0) is 13.7 Å². The quantitative estimate of drug-likeness (QED) is 0.803. The van der Waals surface area contributed by atoms with Crippen LogP contribution in [0.15, 0.2) is 35.2 Å². The van der Waals surface area contributed by atoms with Crippen LogP contribution in [-0.4, -0.2) is 27.2 Å². The van der Waals surface area contributed by atoms with E-state index in [-0.39, 0.29) is 4.90 Å². The molecule has 0 bridgehead atoms. The Bertz CT molecular complexity index is 390. The van der Waals surface area contributed by atoms with Crippen LogP contribution in [0.5, 0.6) is 0 Å². The largest absolute Gasteiger partial charge is 0.306 e. The number of hydrogen-bond acceptors (Lipinski definition) is 3. The summed E-state index contributed by atoms with van der Waals surface area (Å²) in [5.41, 5.74) is 0. The molecule has 0 aliphatic heterocycles. The van der Waals surface area contributed by atoms with Gasteiger partial charge in [0.25, 0.3) is 0 Å². The molecule has 0 radical (unpaired) electrons. The molecular formula is C9H14O3S2. The van der Waals surface area contributed by atoms with E-state index in [4.69, 9.17) is 3.63 Å². The van der Waals surface area contributed by atoms with E-state index in [1.54, 1.807) is 37.0 Å². The Labute approximate surface area is 86.7 Å². The number of rotatable bonds is 3. The van der Waals surface area contributed by atoms with Gasteiger partial charge in [0.15, 0.2) is 0 Å². The van der Waals surface area contributed by atoms with Gasteiger partial charge in [0, 0.05) is 0 Å². The van der Waals surface area contributed by atoms with Crippen LogP contribution in [0.1, 0.15) is 0 Å². The highest BCUT2D eigenvalue weighted by Gasteiger charge is 2.20.